The lowest BCUT2D eigenvalue weighted by Crippen LogP contribution is -2.48. The first-order valence-corrected chi connectivity index (χ1v) is 8.28. The van der Waals surface area contributed by atoms with E-state index in [9.17, 15) is 0 Å². The highest BCUT2D eigenvalue weighted by Crippen LogP contribution is 2.34. The lowest BCUT2D eigenvalue weighted by molar-refractivity contribution is 0.0491. The van der Waals surface area contributed by atoms with Crippen LogP contribution in [0.15, 0.2) is 0 Å². The van der Waals surface area contributed by atoms with Gasteiger partial charge >= 0.3 is 0 Å². The van der Waals surface area contributed by atoms with Crippen LogP contribution >= 0.6 is 0 Å². The number of nitrogens with zero attached hydrogens (tertiary/aromatic N) is 1. The molecule has 3 nitrogen and oxygen atoms in total. The Hall–Kier alpha value is -0.120. The minimum absolute atomic E-state index is 0.681. The molecule has 3 atom stereocenters. The van der Waals surface area contributed by atoms with Gasteiger partial charge in [-0.1, -0.05) is 33.1 Å². The Kier molecular flexibility index (Phi) is 8.67. The van der Waals surface area contributed by atoms with E-state index in [1.165, 1.54) is 32.1 Å². The van der Waals surface area contributed by atoms with Gasteiger partial charge < -0.3 is 10.5 Å². The van der Waals surface area contributed by atoms with Gasteiger partial charge in [0.15, 0.2) is 0 Å². The third-order valence-electron chi connectivity index (χ3n) is 4.67. The van der Waals surface area contributed by atoms with Crippen LogP contribution in [-0.4, -0.2) is 43.8 Å². The van der Waals surface area contributed by atoms with Gasteiger partial charge in [0, 0.05) is 19.2 Å². The smallest absolute Gasteiger partial charge is 0.0593 e. The van der Waals surface area contributed by atoms with E-state index in [-0.39, 0.29) is 0 Å². The fourth-order valence-electron chi connectivity index (χ4n) is 3.57. The summed E-state index contributed by atoms with van der Waals surface area (Å²) in [7, 11) is 0. The lowest BCUT2D eigenvalue weighted by Gasteiger charge is -2.42. The Morgan fingerprint density at radius 1 is 1.21 bits per heavy atom. The fourth-order valence-corrected chi connectivity index (χ4v) is 3.57. The summed E-state index contributed by atoms with van der Waals surface area (Å²) in [5, 5.41) is 0. The number of hydrogen-bond acceptors (Lipinski definition) is 3. The molecule has 0 amide bonds. The SMILES string of the molecule is CCCC1CCC(CN)C(N(CC)CCOCC)C1. The molecule has 0 aromatic heterocycles. The van der Waals surface area contributed by atoms with Crippen LogP contribution in [0.25, 0.3) is 0 Å². The molecule has 19 heavy (non-hydrogen) atoms. The first-order chi connectivity index (χ1) is 9.26. The van der Waals surface area contributed by atoms with Gasteiger partial charge in [-0.15, -0.1) is 0 Å². The highest BCUT2D eigenvalue weighted by molar-refractivity contribution is 4.87. The predicted molar refractivity (Wildman–Crippen MR) is 82.3 cm³/mol. The third kappa shape index (κ3) is 5.41. The molecular weight excluding hydrogens is 236 g/mol. The molecule has 1 fully saturated rings. The van der Waals surface area contributed by atoms with Crippen molar-refractivity contribution in [2.45, 2.75) is 58.9 Å². The van der Waals surface area contributed by atoms with E-state index in [1.807, 2.05) is 0 Å². The van der Waals surface area contributed by atoms with Crippen LogP contribution in [0.2, 0.25) is 0 Å². The number of likely N-dealkylation sites (N-methyl/N-ethyl adjacent to an activating group) is 1. The van der Waals surface area contributed by atoms with Crippen molar-refractivity contribution in [1.29, 1.82) is 0 Å². The molecule has 0 bridgehead atoms. The summed E-state index contributed by atoms with van der Waals surface area (Å²) in [5.74, 6) is 1.61. The van der Waals surface area contributed by atoms with Crippen molar-refractivity contribution in [3.63, 3.8) is 0 Å². The number of ether oxygens (including phenoxy) is 1. The normalized spacial score (nSPS) is 27.9. The van der Waals surface area contributed by atoms with Crippen molar-refractivity contribution in [2.75, 3.05) is 32.8 Å². The maximum Gasteiger partial charge on any atom is 0.0593 e. The van der Waals surface area contributed by atoms with Gasteiger partial charge in [-0.05, 0) is 44.7 Å². The minimum Gasteiger partial charge on any atom is -0.380 e. The zero-order chi connectivity index (χ0) is 14.1. The van der Waals surface area contributed by atoms with Gasteiger partial charge in [-0.3, -0.25) is 4.90 Å². The molecule has 2 N–H and O–H groups in total. The van der Waals surface area contributed by atoms with Gasteiger partial charge in [0.1, 0.15) is 0 Å². The quantitative estimate of drug-likeness (QED) is 0.655. The Labute approximate surface area is 119 Å². The van der Waals surface area contributed by atoms with Crippen molar-refractivity contribution in [1.82, 2.24) is 4.90 Å². The maximum atomic E-state index is 6.00. The van der Waals surface area contributed by atoms with E-state index in [1.54, 1.807) is 0 Å². The average Bonchev–Trinajstić information content (AvgIpc) is 2.44. The zero-order valence-corrected chi connectivity index (χ0v) is 13.2. The number of hydrogen-bond donors (Lipinski definition) is 1. The van der Waals surface area contributed by atoms with Crippen molar-refractivity contribution >= 4 is 0 Å². The number of rotatable bonds is 9. The van der Waals surface area contributed by atoms with E-state index in [0.29, 0.717) is 12.0 Å². The van der Waals surface area contributed by atoms with E-state index in [0.717, 1.165) is 38.8 Å². The fraction of sp³-hybridized carbons (Fsp3) is 1.00. The molecule has 0 aromatic carbocycles. The van der Waals surface area contributed by atoms with Crippen molar-refractivity contribution in [3.8, 4) is 0 Å². The van der Waals surface area contributed by atoms with Crippen molar-refractivity contribution in [3.05, 3.63) is 0 Å². The summed E-state index contributed by atoms with van der Waals surface area (Å²) < 4.78 is 5.53. The molecule has 0 aromatic rings. The van der Waals surface area contributed by atoms with Crippen LogP contribution < -0.4 is 5.73 Å². The molecule has 0 radical (unpaired) electrons. The van der Waals surface area contributed by atoms with Crippen LogP contribution in [0.3, 0.4) is 0 Å². The Morgan fingerprint density at radius 2 is 2.00 bits per heavy atom. The molecule has 1 saturated carbocycles. The summed E-state index contributed by atoms with van der Waals surface area (Å²) in [4.78, 5) is 2.61. The molecule has 0 heterocycles. The molecule has 0 saturated heterocycles. The van der Waals surface area contributed by atoms with Crippen molar-refractivity contribution in [2.24, 2.45) is 17.6 Å². The summed E-state index contributed by atoms with van der Waals surface area (Å²) >= 11 is 0. The molecule has 3 heteroatoms. The average molecular weight is 270 g/mol. The van der Waals surface area contributed by atoms with Crippen LogP contribution in [0, 0.1) is 11.8 Å². The molecular formula is C16H34N2O. The summed E-state index contributed by atoms with van der Waals surface area (Å²) in [5.41, 5.74) is 6.00. The van der Waals surface area contributed by atoms with Gasteiger partial charge in [-0.2, -0.15) is 0 Å². The number of nitrogens with two attached hydrogens (primary N) is 1. The van der Waals surface area contributed by atoms with Gasteiger partial charge in [0.05, 0.1) is 6.61 Å². The Morgan fingerprint density at radius 3 is 2.58 bits per heavy atom. The molecule has 0 aliphatic heterocycles. The minimum atomic E-state index is 0.681. The second-order valence-corrected chi connectivity index (χ2v) is 5.86. The third-order valence-corrected chi connectivity index (χ3v) is 4.67. The zero-order valence-electron chi connectivity index (χ0n) is 13.2. The molecule has 1 aliphatic carbocycles. The second-order valence-electron chi connectivity index (χ2n) is 5.86. The Bertz CT molecular complexity index is 223. The summed E-state index contributed by atoms with van der Waals surface area (Å²) in [6, 6.07) is 0.681. The van der Waals surface area contributed by atoms with Crippen LogP contribution in [0.4, 0.5) is 0 Å². The molecule has 1 aliphatic rings. The van der Waals surface area contributed by atoms with E-state index < -0.39 is 0 Å². The lowest BCUT2D eigenvalue weighted by atomic mass is 9.76. The van der Waals surface area contributed by atoms with Gasteiger partial charge in [-0.25, -0.2) is 0 Å². The maximum absolute atomic E-state index is 6.00. The van der Waals surface area contributed by atoms with Crippen LogP contribution in [0.5, 0.6) is 0 Å². The van der Waals surface area contributed by atoms with E-state index in [4.69, 9.17) is 10.5 Å². The highest BCUT2D eigenvalue weighted by atomic mass is 16.5. The second kappa shape index (κ2) is 9.73. The Balaban J connectivity index is 2.55. The molecule has 0 spiro atoms. The first-order valence-electron chi connectivity index (χ1n) is 8.28. The van der Waals surface area contributed by atoms with E-state index in [2.05, 4.69) is 25.7 Å². The molecule has 1 rings (SSSR count). The molecule has 114 valence electrons. The topological polar surface area (TPSA) is 38.5 Å². The summed E-state index contributed by atoms with van der Waals surface area (Å²) in [6.45, 7) is 11.3. The summed E-state index contributed by atoms with van der Waals surface area (Å²) in [6.07, 6.45) is 6.74. The first kappa shape index (κ1) is 16.9. The van der Waals surface area contributed by atoms with Crippen LogP contribution in [0.1, 0.15) is 52.9 Å². The highest BCUT2D eigenvalue weighted by Gasteiger charge is 2.32. The van der Waals surface area contributed by atoms with Crippen molar-refractivity contribution < 1.29 is 4.74 Å². The van der Waals surface area contributed by atoms with E-state index >= 15 is 0 Å². The van der Waals surface area contributed by atoms with Gasteiger partial charge in [0.2, 0.25) is 0 Å². The molecule has 3 unspecified atom stereocenters. The van der Waals surface area contributed by atoms with Gasteiger partial charge in [0.25, 0.3) is 0 Å². The van der Waals surface area contributed by atoms with Crippen LogP contribution in [-0.2, 0) is 4.74 Å². The predicted octanol–water partition coefficient (Wildman–Crippen LogP) is 2.89. The largest absolute Gasteiger partial charge is 0.380 e. The monoisotopic (exact) mass is 270 g/mol. The standard InChI is InChI=1S/C16H34N2O/c1-4-7-14-8-9-15(13-17)16(12-14)18(5-2)10-11-19-6-3/h14-16H,4-13,17H2,1-3H3.